The number of methoxy groups -OCH3 is 1. The number of nitrogens with one attached hydrogen (secondary N) is 1. The van der Waals surface area contributed by atoms with E-state index in [2.05, 4.69) is 20.8 Å². The van der Waals surface area contributed by atoms with Gasteiger partial charge in [0.15, 0.2) is 5.57 Å². The lowest BCUT2D eigenvalue weighted by Gasteiger charge is -2.29. The fourth-order valence-electron chi connectivity index (χ4n) is 2.16. The minimum atomic E-state index is -1.29. The second-order valence-corrected chi connectivity index (χ2v) is 5.52. The minimum Gasteiger partial charge on any atom is -0.495 e. The van der Waals surface area contributed by atoms with E-state index in [1.165, 1.54) is 38.2 Å². The minimum absolute atomic E-state index is 0.255. The molecule has 10 heteroatoms. The highest BCUT2D eigenvalue weighted by molar-refractivity contribution is 6.15. The molecule has 0 amide bonds. The Morgan fingerprint density at radius 2 is 1.96 bits per heavy atom. The van der Waals surface area contributed by atoms with Crippen molar-refractivity contribution in [3.8, 4) is 11.4 Å². The molecule has 0 unspecified atom stereocenters. The van der Waals surface area contributed by atoms with Crippen LogP contribution in [0.3, 0.4) is 0 Å². The van der Waals surface area contributed by atoms with Gasteiger partial charge < -0.3 is 19.5 Å². The smallest absolute Gasteiger partial charge is 0.350 e. The molecule has 130 valence electrons. The van der Waals surface area contributed by atoms with Crippen LogP contribution in [0.25, 0.3) is 5.69 Å². The van der Waals surface area contributed by atoms with Crippen LogP contribution in [-0.4, -0.2) is 45.0 Å². The Hall–Kier alpha value is -3.43. The van der Waals surface area contributed by atoms with E-state index < -0.39 is 17.7 Å². The van der Waals surface area contributed by atoms with Gasteiger partial charge in [-0.25, -0.2) is 14.3 Å². The zero-order valence-electron chi connectivity index (χ0n) is 13.7. The number of carbonyl (C=O) groups is 2. The summed E-state index contributed by atoms with van der Waals surface area (Å²) in [6.45, 7) is 2.96. The van der Waals surface area contributed by atoms with Crippen molar-refractivity contribution in [3.05, 3.63) is 36.3 Å². The number of esters is 2. The van der Waals surface area contributed by atoms with Gasteiger partial charge in [-0.3, -0.25) is 0 Å². The lowest BCUT2D eigenvalue weighted by Crippen LogP contribution is -2.42. The molecule has 1 aliphatic heterocycles. The van der Waals surface area contributed by atoms with E-state index >= 15 is 0 Å². The number of anilines is 1. The first-order chi connectivity index (χ1) is 11.9. The molecule has 2 aromatic rings. The van der Waals surface area contributed by atoms with E-state index in [-0.39, 0.29) is 5.57 Å². The van der Waals surface area contributed by atoms with E-state index in [9.17, 15) is 9.59 Å². The van der Waals surface area contributed by atoms with Gasteiger partial charge in [0.25, 0.3) is 5.79 Å². The molecule has 0 aliphatic carbocycles. The van der Waals surface area contributed by atoms with Crippen molar-refractivity contribution in [3.63, 3.8) is 0 Å². The van der Waals surface area contributed by atoms with Crippen LogP contribution in [0, 0.1) is 0 Å². The maximum absolute atomic E-state index is 12.0. The Bertz CT molecular complexity index is 822. The van der Waals surface area contributed by atoms with Gasteiger partial charge in [-0.2, -0.15) is 0 Å². The van der Waals surface area contributed by atoms with Crippen molar-refractivity contribution >= 4 is 17.6 Å². The van der Waals surface area contributed by atoms with Crippen LogP contribution in [0.2, 0.25) is 0 Å². The summed E-state index contributed by atoms with van der Waals surface area (Å²) in [6, 6.07) is 5.13. The van der Waals surface area contributed by atoms with Crippen molar-refractivity contribution in [2.24, 2.45) is 0 Å². The summed E-state index contributed by atoms with van der Waals surface area (Å²) in [7, 11) is 1.50. The molecular weight excluding hydrogens is 330 g/mol. The van der Waals surface area contributed by atoms with Gasteiger partial charge in [0.05, 0.1) is 18.5 Å². The van der Waals surface area contributed by atoms with Crippen molar-refractivity contribution in [1.29, 1.82) is 0 Å². The Morgan fingerprint density at radius 3 is 2.56 bits per heavy atom. The van der Waals surface area contributed by atoms with Gasteiger partial charge in [-0.05, 0) is 28.6 Å². The number of hydrogen-bond acceptors (Lipinski definition) is 9. The summed E-state index contributed by atoms with van der Waals surface area (Å²) in [5.41, 5.74) is 0.893. The molecule has 2 heterocycles. The second-order valence-electron chi connectivity index (χ2n) is 5.52. The zero-order valence-corrected chi connectivity index (χ0v) is 13.7. The summed E-state index contributed by atoms with van der Waals surface area (Å²) in [5, 5.41) is 13.8. The van der Waals surface area contributed by atoms with E-state index in [1.807, 2.05) is 0 Å². The number of ether oxygens (including phenoxy) is 3. The Kier molecular flexibility index (Phi) is 4.09. The molecule has 3 rings (SSSR count). The molecular formula is C15H15N5O5. The van der Waals surface area contributed by atoms with Gasteiger partial charge >= 0.3 is 11.9 Å². The lowest BCUT2D eigenvalue weighted by molar-refractivity contribution is -0.222. The molecule has 0 radical (unpaired) electrons. The monoisotopic (exact) mass is 345 g/mol. The number of benzene rings is 1. The number of carbonyl (C=O) groups excluding carboxylic acids is 2. The summed E-state index contributed by atoms with van der Waals surface area (Å²) in [5.74, 6) is -2.34. The van der Waals surface area contributed by atoms with Crippen LogP contribution < -0.4 is 10.1 Å². The zero-order chi connectivity index (χ0) is 18.0. The number of aromatic nitrogens is 4. The summed E-state index contributed by atoms with van der Waals surface area (Å²) in [4.78, 5) is 23.9. The molecule has 1 N–H and O–H groups in total. The molecule has 0 saturated carbocycles. The van der Waals surface area contributed by atoms with Crippen LogP contribution >= 0.6 is 0 Å². The predicted molar refractivity (Wildman–Crippen MR) is 83.7 cm³/mol. The topological polar surface area (TPSA) is 117 Å². The van der Waals surface area contributed by atoms with E-state index in [1.54, 1.807) is 18.2 Å². The Balaban J connectivity index is 1.88. The van der Waals surface area contributed by atoms with Gasteiger partial charge in [0, 0.05) is 20.0 Å². The fourth-order valence-corrected chi connectivity index (χ4v) is 2.16. The van der Waals surface area contributed by atoms with Crippen LogP contribution in [0.4, 0.5) is 5.69 Å². The average Bonchev–Trinajstić information content (AvgIpc) is 3.07. The van der Waals surface area contributed by atoms with E-state index in [0.717, 1.165) is 0 Å². The molecule has 0 spiro atoms. The molecule has 1 aliphatic rings. The van der Waals surface area contributed by atoms with E-state index in [0.29, 0.717) is 17.1 Å². The standard InChI is InChI=1S/C15H15N5O5/c1-15(2)24-13(21)10(14(22)25-15)7-16-11-6-9(4-5-12(11)23-3)20-8-17-18-19-20/h4-8,16H,1-3H3. The van der Waals surface area contributed by atoms with Crippen LogP contribution in [-0.2, 0) is 19.1 Å². The highest BCUT2D eigenvalue weighted by Gasteiger charge is 2.38. The molecule has 10 nitrogen and oxygen atoms in total. The third-order valence-electron chi connectivity index (χ3n) is 3.29. The SMILES string of the molecule is COc1ccc(-n2cnnn2)cc1NC=C1C(=O)OC(C)(C)OC1=O. The maximum atomic E-state index is 12.0. The molecule has 1 saturated heterocycles. The number of hydrogen-bond donors (Lipinski definition) is 1. The van der Waals surface area contributed by atoms with Crippen LogP contribution in [0.15, 0.2) is 36.3 Å². The molecule has 0 bridgehead atoms. The van der Waals surface area contributed by atoms with Crippen LogP contribution in [0.5, 0.6) is 5.75 Å². The highest BCUT2D eigenvalue weighted by atomic mass is 16.7. The third-order valence-corrected chi connectivity index (χ3v) is 3.29. The largest absolute Gasteiger partial charge is 0.495 e. The summed E-state index contributed by atoms with van der Waals surface area (Å²) in [6.07, 6.45) is 2.64. The molecule has 1 aromatic carbocycles. The summed E-state index contributed by atoms with van der Waals surface area (Å²) >= 11 is 0. The molecule has 25 heavy (non-hydrogen) atoms. The molecule has 1 aromatic heterocycles. The first-order valence-electron chi connectivity index (χ1n) is 7.24. The first kappa shape index (κ1) is 16.4. The van der Waals surface area contributed by atoms with Gasteiger partial charge in [-0.1, -0.05) is 0 Å². The van der Waals surface area contributed by atoms with Crippen molar-refractivity contribution < 1.29 is 23.8 Å². The maximum Gasteiger partial charge on any atom is 0.350 e. The number of rotatable bonds is 4. The van der Waals surface area contributed by atoms with Gasteiger partial charge in [0.2, 0.25) is 0 Å². The van der Waals surface area contributed by atoms with Crippen molar-refractivity contribution in [2.45, 2.75) is 19.6 Å². The van der Waals surface area contributed by atoms with Gasteiger partial charge in [0.1, 0.15) is 12.1 Å². The number of nitrogens with zero attached hydrogens (tertiary/aromatic N) is 4. The number of tetrazole rings is 1. The Labute approximate surface area is 142 Å². The van der Waals surface area contributed by atoms with Crippen molar-refractivity contribution in [1.82, 2.24) is 20.2 Å². The van der Waals surface area contributed by atoms with E-state index in [4.69, 9.17) is 14.2 Å². The average molecular weight is 345 g/mol. The normalized spacial score (nSPS) is 16.0. The Morgan fingerprint density at radius 1 is 1.24 bits per heavy atom. The lowest BCUT2D eigenvalue weighted by atomic mass is 10.2. The quantitative estimate of drug-likeness (QED) is 0.488. The molecule has 1 fully saturated rings. The predicted octanol–water partition coefficient (Wildman–Crippen LogP) is 0.803. The molecule has 0 atom stereocenters. The van der Waals surface area contributed by atoms with Crippen LogP contribution in [0.1, 0.15) is 13.8 Å². The summed E-state index contributed by atoms with van der Waals surface area (Å²) < 4.78 is 16.8. The fraction of sp³-hybridized carbons (Fsp3) is 0.267. The first-order valence-corrected chi connectivity index (χ1v) is 7.24. The third kappa shape index (κ3) is 3.42. The number of cyclic esters (lactones) is 2. The van der Waals surface area contributed by atoms with Gasteiger partial charge in [-0.15, -0.1) is 5.10 Å². The van der Waals surface area contributed by atoms with Crippen molar-refractivity contribution in [2.75, 3.05) is 12.4 Å². The second kappa shape index (κ2) is 6.23. The highest BCUT2D eigenvalue weighted by Crippen LogP contribution is 2.28.